The Morgan fingerprint density at radius 2 is 1.04 bits per heavy atom. The molecule has 8 heterocycles. The molecule has 0 bridgehead atoms. The Morgan fingerprint density at radius 1 is 0.528 bits per heavy atom. The number of benzene rings is 4. The topological polar surface area (TPSA) is 83.8 Å². The van der Waals surface area contributed by atoms with Crippen molar-refractivity contribution in [2.45, 2.75) is 26.7 Å². The van der Waals surface area contributed by atoms with E-state index < -0.39 is 7.76 Å². The van der Waals surface area contributed by atoms with Gasteiger partial charge in [-0.05, 0) is 0 Å². The van der Waals surface area contributed by atoms with Gasteiger partial charge in [0.25, 0.3) is 0 Å². The molecule has 0 N–H and O–H groups in total. The molecule has 0 unspecified atom stereocenters. The van der Waals surface area contributed by atoms with Crippen LogP contribution in [0.15, 0.2) is 92.8 Å². The fourth-order valence-electron chi connectivity index (χ4n) is 9.87. The average molecular weight is 797 g/mol. The van der Waals surface area contributed by atoms with Gasteiger partial charge in [-0.3, -0.25) is 0 Å². The molecule has 0 atom stereocenters. The van der Waals surface area contributed by atoms with E-state index in [1.54, 1.807) is 0 Å². The molecule has 0 radical (unpaired) electrons. The van der Waals surface area contributed by atoms with Gasteiger partial charge in [-0.25, -0.2) is 0 Å². The number of halogens is 4. The van der Waals surface area contributed by atoms with Crippen molar-refractivity contribution in [1.82, 2.24) is 8.47 Å². The molecular weight excluding hydrogens is 770 g/mol. The number of hydrogen-bond donors (Lipinski definition) is 0. The number of rotatable bonds is 6. The maximum absolute atomic E-state index is 8.14. The van der Waals surface area contributed by atoms with Crippen molar-refractivity contribution < 1.29 is 17.3 Å². The van der Waals surface area contributed by atoms with Crippen molar-refractivity contribution in [1.29, 1.82) is 0 Å². The van der Waals surface area contributed by atoms with Crippen LogP contribution in [0.4, 0.5) is 11.6 Å². The van der Waals surface area contributed by atoms with Crippen molar-refractivity contribution in [3.63, 3.8) is 0 Å². The molecule has 0 saturated carbocycles. The molecule has 15 heteroatoms. The second kappa shape index (κ2) is 9.42. The summed E-state index contributed by atoms with van der Waals surface area (Å²) in [4.78, 5) is 22.2. The molecule has 262 valence electrons. The Morgan fingerprint density at radius 3 is 1.72 bits per heavy atom. The first kappa shape index (κ1) is 30.9. The van der Waals surface area contributed by atoms with Crippen LogP contribution in [0, 0.1) is 0 Å². The van der Waals surface area contributed by atoms with Crippen molar-refractivity contribution in [3.8, 4) is 0 Å². The standard InChI is InChI=1S/C38H26Cl4N8O2Si/c1-3-13-51-53(52-14-4-2)47-31-23-9-5-19(39)15-27(23)35(47)44-32-25-11-7-21(41)17-29(25)37(49(32)53)46-34-26-12-8-22(42)18-30(26)38(50(34)53)45-33-24-10-6-20(40)16-28(24)36(43-31)48(33)53/h5-12,15-18H,3-4,13-14H2,1-2H3. The summed E-state index contributed by atoms with van der Waals surface area (Å²) < 4.78 is 25.0. The van der Waals surface area contributed by atoms with Crippen LogP contribution in [0.2, 0.25) is 20.1 Å². The number of nitrogens with zero attached hydrogens (tertiary/aromatic N) is 8. The van der Waals surface area contributed by atoms with E-state index in [-0.39, 0.29) is 0 Å². The monoisotopic (exact) mass is 794 g/mol. The van der Waals surface area contributed by atoms with E-state index in [2.05, 4.69) is 30.8 Å². The van der Waals surface area contributed by atoms with E-state index in [1.807, 2.05) is 72.8 Å². The van der Waals surface area contributed by atoms with Crippen molar-refractivity contribution in [2.24, 2.45) is 20.0 Å². The van der Waals surface area contributed by atoms with Gasteiger partial charge in [0.05, 0.1) is 0 Å². The summed E-state index contributed by atoms with van der Waals surface area (Å²) in [6, 6.07) is 23.3. The molecule has 0 amide bonds. The molecule has 10 nitrogen and oxygen atoms in total. The number of aliphatic imine (C=N–C) groups is 2. The van der Waals surface area contributed by atoms with Gasteiger partial charge in [0.15, 0.2) is 0 Å². The molecule has 2 aromatic heterocycles. The van der Waals surface area contributed by atoms with Gasteiger partial charge < -0.3 is 0 Å². The molecule has 6 aromatic rings. The summed E-state index contributed by atoms with van der Waals surface area (Å²) in [5, 5.41) is 5.56. The van der Waals surface area contributed by atoms with E-state index in [4.69, 9.17) is 75.2 Å². The van der Waals surface area contributed by atoms with Gasteiger partial charge in [0, 0.05) is 0 Å². The third-order valence-electron chi connectivity index (χ3n) is 11.6. The van der Waals surface area contributed by atoms with Crippen LogP contribution in [0.1, 0.15) is 48.9 Å². The molecule has 12 rings (SSSR count). The first-order valence-corrected chi connectivity index (χ1v) is 21.7. The van der Waals surface area contributed by atoms with Gasteiger partial charge in [0.2, 0.25) is 0 Å². The summed E-state index contributed by atoms with van der Waals surface area (Å²) in [5.74, 6) is 3.68. The number of hydrogen-bond acceptors (Lipinski definition) is 6. The van der Waals surface area contributed by atoms with E-state index in [0.717, 1.165) is 43.8 Å². The zero-order chi connectivity index (χ0) is 35.8. The minimum absolute atomic E-state index is 0.290. The van der Waals surface area contributed by atoms with Crippen LogP contribution in [0.5, 0.6) is 0 Å². The SMILES string of the molecule is CCCO[Si-2]123(OCCC)n4c5c6cc(Cl)ccc6c4N=C4c6cc(Cl)ccc6C(=[N+]41)N=c1c4cc(Cl)ccc4c(n12)=NC1=[N+]3C(=N5)c2ccc(Cl)cc21. The van der Waals surface area contributed by atoms with Crippen LogP contribution in [0.25, 0.3) is 21.5 Å². The van der Waals surface area contributed by atoms with Crippen molar-refractivity contribution in [3.05, 3.63) is 126 Å². The second-order valence-electron chi connectivity index (χ2n) is 14.2. The van der Waals surface area contributed by atoms with Gasteiger partial charge >= 0.3 is 322 Å². The van der Waals surface area contributed by atoms with Gasteiger partial charge in [-0.2, -0.15) is 0 Å². The molecule has 53 heavy (non-hydrogen) atoms. The first-order chi connectivity index (χ1) is 25.7. The van der Waals surface area contributed by atoms with Crippen LogP contribution in [-0.4, -0.2) is 61.3 Å². The number of fused-ring (bicyclic) bond motifs is 12. The summed E-state index contributed by atoms with van der Waals surface area (Å²) in [5.41, 5.74) is 4.52. The molecule has 0 saturated heterocycles. The molecule has 4 aromatic carbocycles. The van der Waals surface area contributed by atoms with Gasteiger partial charge in [-0.15, -0.1) is 0 Å². The van der Waals surface area contributed by atoms with Crippen molar-refractivity contribution in [2.75, 3.05) is 13.2 Å². The van der Waals surface area contributed by atoms with E-state index in [1.165, 1.54) is 0 Å². The normalized spacial score (nSPS) is 20.3. The summed E-state index contributed by atoms with van der Waals surface area (Å²) in [6.07, 6.45) is 1.33. The molecule has 6 aliphatic heterocycles. The average Bonchev–Trinajstić information content (AvgIpc) is 3.85. The minimum atomic E-state index is -6.48. The zero-order valence-electron chi connectivity index (χ0n) is 28.2. The Labute approximate surface area is 320 Å². The quantitative estimate of drug-likeness (QED) is 0.161. The molecule has 1 spiro atoms. The van der Waals surface area contributed by atoms with Crippen LogP contribution in [-0.2, 0) is 8.85 Å². The second-order valence-corrected chi connectivity index (χ2v) is 21.2. The Kier molecular flexibility index (Phi) is 5.50. The predicted octanol–water partition coefficient (Wildman–Crippen LogP) is 7.79. The van der Waals surface area contributed by atoms with Crippen LogP contribution < -0.4 is 11.0 Å². The van der Waals surface area contributed by atoms with Gasteiger partial charge in [-0.1, -0.05) is 0 Å². The Balaban J connectivity index is 1.50. The van der Waals surface area contributed by atoms with Crippen LogP contribution >= 0.6 is 46.4 Å². The van der Waals surface area contributed by atoms with E-state index in [9.17, 15) is 0 Å². The summed E-state index contributed by atoms with van der Waals surface area (Å²) in [7, 11) is -6.48. The zero-order valence-corrected chi connectivity index (χ0v) is 32.2. The summed E-state index contributed by atoms with van der Waals surface area (Å²) >= 11 is 27.3. The fraction of sp³-hybridized carbons (Fsp3) is 0.158. The molecule has 6 aliphatic rings. The third-order valence-corrected chi connectivity index (χ3v) is 19.7. The maximum atomic E-state index is 8.14. The predicted molar refractivity (Wildman–Crippen MR) is 209 cm³/mol. The molecular formula is C38H26Cl4N8O2Si. The fourth-order valence-corrected chi connectivity index (χ4v) is 19.2. The van der Waals surface area contributed by atoms with Crippen molar-refractivity contribution >= 4 is 111 Å². The number of aromatic nitrogens is 2. The van der Waals surface area contributed by atoms with Crippen LogP contribution in [0.3, 0.4) is 0 Å². The Bertz CT molecular complexity index is 3150. The van der Waals surface area contributed by atoms with E-state index in [0.29, 0.717) is 92.1 Å². The third kappa shape index (κ3) is 2.99. The molecule has 0 fully saturated rings. The number of amidine groups is 4. The summed E-state index contributed by atoms with van der Waals surface area (Å²) in [6.45, 7) is 4.78. The Hall–Kier alpha value is -4.46. The van der Waals surface area contributed by atoms with E-state index >= 15 is 0 Å². The first-order valence-electron chi connectivity index (χ1n) is 17.6. The van der Waals surface area contributed by atoms with Gasteiger partial charge in [0.1, 0.15) is 0 Å². The molecule has 0 aliphatic carbocycles.